The second kappa shape index (κ2) is 6.44. The molecule has 4 nitrogen and oxygen atoms in total. The highest BCUT2D eigenvalue weighted by Crippen LogP contribution is 2.17. The molecule has 0 aliphatic rings. The van der Waals surface area contributed by atoms with E-state index in [0.717, 1.165) is 34.5 Å². The van der Waals surface area contributed by atoms with Gasteiger partial charge in [0.25, 0.3) is 0 Å². The van der Waals surface area contributed by atoms with Gasteiger partial charge in [0.05, 0.1) is 6.61 Å². The number of rotatable bonds is 6. The molecule has 0 fully saturated rings. The third-order valence-corrected chi connectivity index (χ3v) is 3.32. The van der Waals surface area contributed by atoms with Gasteiger partial charge in [0, 0.05) is 12.2 Å². The molecule has 0 atom stereocenters. The summed E-state index contributed by atoms with van der Waals surface area (Å²) >= 11 is 1.60. The van der Waals surface area contributed by atoms with Gasteiger partial charge in [0.15, 0.2) is 0 Å². The quantitative estimate of drug-likeness (QED) is 0.643. The first-order chi connectivity index (χ1) is 8.79. The Bertz CT molecular complexity index is 498. The van der Waals surface area contributed by atoms with Crippen molar-refractivity contribution in [2.45, 2.75) is 25.4 Å². The highest BCUT2D eigenvalue weighted by atomic mass is 32.2. The Labute approximate surface area is 111 Å². The molecule has 96 valence electrons. The van der Waals surface area contributed by atoms with Gasteiger partial charge >= 0.3 is 0 Å². The summed E-state index contributed by atoms with van der Waals surface area (Å²) in [5, 5.41) is 7.81. The molecule has 1 aromatic carbocycles. The smallest absolute Gasteiger partial charge is 0.208 e. The second-order valence-electron chi connectivity index (χ2n) is 3.88. The predicted molar refractivity (Wildman–Crippen MR) is 73.2 cm³/mol. The number of nitrogens with zero attached hydrogens (tertiary/aromatic N) is 2. The molecule has 5 heteroatoms. The van der Waals surface area contributed by atoms with Crippen LogP contribution < -0.4 is 4.74 Å². The van der Waals surface area contributed by atoms with Gasteiger partial charge in [-0.05, 0) is 18.6 Å². The first-order valence-electron chi connectivity index (χ1n) is 6.02. The Morgan fingerprint density at radius 2 is 2.17 bits per heavy atom. The molecule has 2 aromatic rings. The number of ether oxygens (including phenoxy) is 1. The van der Waals surface area contributed by atoms with Gasteiger partial charge in [-0.3, -0.25) is 5.10 Å². The average Bonchev–Trinajstić information content (AvgIpc) is 2.84. The van der Waals surface area contributed by atoms with E-state index in [9.17, 15) is 0 Å². The Morgan fingerprint density at radius 3 is 2.89 bits per heavy atom. The summed E-state index contributed by atoms with van der Waals surface area (Å²) in [6, 6.07) is 8.03. The molecule has 0 unspecified atom stereocenters. The van der Waals surface area contributed by atoms with Crippen LogP contribution in [-0.4, -0.2) is 27.5 Å². The third-order valence-electron chi connectivity index (χ3n) is 2.51. The van der Waals surface area contributed by atoms with Gasteiger partial charge in [-0.2, -0.15) is 0 Å². The van der Waals surface area contributed by atoms with E-state index in [4.69, 9.17) is 4.74 Å². The summed E-state index contributed by atoms with van der Waals surface area (Å²) in [7, 11) is 0. The summed E-state index contributed by atoms with van der Waals surface area (Å²) < 4.78 is 5.71. The topological polar surface area (TPSA) is 50.8 Å². The Kier molecular flexibility index (Phi) is 4.64. The van der Waals surface area contributed by atoms with Crippen molar-refractivity contribution in [3.05, 3.63) is 35.7 Å². The number of H-pyrrole nitrogens is 1. The molecule has 0 aliphatic heterocycles. The molecule has 0 bridgehead atoms. The van der Waals surface area contributed by atoms with Gasteiger partial charge < -0.3 is 4.74 Å². The summed E-state index contributed by atoms with van der Waals surface area (Å²) in [5.74, 6) is 2.72. The van der Waals surface area contributed by atoms with Crippen molar-refractivity contribution in [3.8, 4) is 5.75 Å². The highest BCUT2D eigenvalue weighted by Gasteiger charge is 2.02. The van der Waals surface area contributed by atoms with E-state index in [1.54, 1.807) is 11.8 Å². The van der Waals surface area contributed by atoms with E-state index in [2.05, 4.69) is 22.1 Å². The summed E-state index contributed by atoms with van der Waals surface area (Å²) in [4.78, 5) is 4.33. The van der Waals surface area contributed by atoms with Gasteiger partial charge in [0.2, 0.25) is 5.16 Å². The minimum Gasteiger partial charge on any atom is -0.492 e. The Morgan fingerprint density at radius 1 is 1.33 bits per heavy atom. The maximum absolute atomic E-state index is 5.71. The first-order valence-corrected chi connectivity index (χ1v) is 7.00. The van der Waals surface area contributed by atoms with E-state index in [-0.39, 0.29) is 0 Å². The number of nitrogens with one attached hydrogen (secondary N) is 1. The normalized spacial score (nSPS) is 10.6. The molecule has 0 aliphatic carbocycles. The fourth-order valence-electron chi connectivity index (χ4n) is 1.50. The Hall–Kier alpha value is -1.49. The van der Waals surface area contributed by atoms with E-state index in [0.29, 0.717) is 6.61 Å². The van der Waals surface area contributed by atoms with Gasteiger partial charge in [0.1, 0.15) is 11.6 Å². The van der Waals surface area contributed by atoms with Gasteiger partial charge in [-0.25, -0.2) is 4.98 Å². The summed E-state index contributed by atoms with van der Waals surface area (Å²) in [5.41, 5.74) is 1.16. The average molecular weight is 263 g/mol. The molecule has 0 spiro atoms. The zero-order valence-corrected chi connectivity index (χ0v) is 11.5. The standard InChI is InChI=1S/C13H17N3OS/c1-3-12-14-13(16-15-12)18-9-8-17-11-7-5-4-6-10(11)2/h4-7H,3,8-9H2,1-2H3,(H,14,15,16). The number of hydrogen-bond acceptors (Lipinski definition) is 4. The van der Waals surface area contributed by atoms with E-state index < -0.39 is 0 Å². The number of thioether (sulfide) groups is 1. The van der Waals surface area contributed by atoms with Crippen molar-refractivity contribution < 1.29 is 4.74 Å². The lowest BCUT2D eigenvalue weighted by molar-refractivity contribution is 0.341. The molecule has 0 radical (unpaired) electrons. The van der Waals surface area contributed by atoms with E-state index in [1.165, 1.54) is 0 Å². The summed E-state index contributed by atoms with van der Waals surface area (Å²) in [6.07, 6.45) is 0.882. The van der Waals surface area contributed by atoms with Crippen molar-refractivity contribution in [1.29, 1.82) is 0 Å². The first kappa shape index (κ1) is 13.0. The van der Waals surface area contributed by atoms with Gasteiger partial charge in [-0.15, -0.1) is 5.10 Å². The molecule has 0 saturated carbocycles. The van der Waals surface area contributed by atoms with Crippen molar-refractivity contribution >= 4 is 11.8 Å². The molecule has 0 saturated heterocycles. The minimum atomic E-state index is 0.658. The van der Waals surface area contributed by atoms with Crippen LogP contribution in [0.3, 0.4) is 0 Å². The van der Waals surface area contributed by atoms with Crippen molar-refractivity contribution in [1.82, 2.24) is 15.2 Å². The van der Waals surface area contributed by atoms with Crippen LogP contribution in [-0.2, 0) is 6.42 Å². The number of aromatic amines is 1. The van der Waals surface area contributed by atoms with Crippen LogP contribution in [0.1, 0.15) is 18.3 Å². The lowest BCUT2D eigenvalue weighted by Gasteiger charge is -2.07. The van der Waals surface area contributed by atoms with Crippen LogP contribution in [0.5, 0.6) is 5.75 Å². The monoisotopic (exact) mass is 263 g/mol. The largest absolute Gasteiger partial charge is 0.492 e. The van der Waals surface area contributed by atoms with Gasteiger partial charge in [-0.1, -0.05) is 36.9 Å². The van der Waals surface area contributed by atoms with Crippen LogP contribution in [0, 0.1) is 6.92 Å². The van der Waals surface area contributed by atoms with E-state index >= 15 is 0 Å². The zero-order valence-electron chi connectivity index (χ0n) is 10.6. The maximum atomic E-state index is 5.71. The molecular formula is C13H17N3OS. The van der Waals surface area contributed by atoms with Crippen molar-refractivity contribution in [3.63, 3.8) is 0 Å². The Balaban J connectivity index is 1.74. The minimum absolute atomic E-state index is 0.658. The van der Waals surface area contributed by atoms with Crippen LogP contribution in [0.15, 0.2) is 29.4 Å². The number of aryl methyl sites for hydroxylation is 2. The predicted octanol–water partition coefficient (Wildman–Crippen LogP) is 2.85. The fourth-order valence-corrected chi connectivity index (χ4v) is 2.14. The van der Waals surface area contributed by atoms with Crippen molar-refractivity contribution in [2.75, 3.05) is 12.4 Å². The molecule has 0 amide bonds. The number of aromatic nitrogens is 3. The highest BCUT2D eigenvalue weighted by molar-refractivity contribution is 7.99. The number of hydrogen-bond donors (Lipinski definition) is 1. The second-order valence-corrected chi connectivity index (χ2v) is 4.94. The lowest BCUT2D eigenvalue weighted by Crippen LogP contribution is -2.01. The van der Waals surface area contributed by atoms with Crippen LogP contribution in [0.4, 0.5) is 0 Å². The number of para-hydroxylation sites is 1. The summed E-state index contributed by atoms with van der Waals surface area (Å²) in [6.45, 7) is 4.76. The molecule has 18 heavy (non-hydrogen) atoms. The maximum Gasteiger partial charge on any atom is 0.208 e. The van der Waals surface area contributed by atoms with Crippen LogP contribution in [0.25, 0.3) is 0 Å². The van der Waals surface area contributed by atoms with Crippen molar-refractivity contribution in [2.24, 2.45) is 0 Å². The zero-order chi connectivity index (χ0) is 12.8. The van der Waals surface area contributed by atoms with Crippen LogP contribution in [0.2, 0.25) is 0 Å². The molecule has 2 rings (SSSR count). The molecule has 1 heterocycles. The number of benzene rings is 1. The fraction of sp³-hybridized carbons (Fsp3) is 0.385. The molecule has 1 N–H and O–H groups in total. The lowest BCUT2D eigenvalue weighted by atomic mass is 10.2. The van der Waals surface area contributed by atoms with Crippen LogP contribution >= 0.6 is 11.8 Å². The van der Waals surface area contributed by atoms with E-state index in [1.807, 2.05) is 31.2 Å². The molecule has 1 aromatic heterocycles. The third kappa shape index (κ3) is 3.50. The molecular weight excluding hydrogens is 246 g/mol. The SMILES string of the molecule is CCc1nc(SCCOc2ccccc2C)n[nH]1.